The number of ether oxygens (including phenoxy) is 2. The SMILES string of the molecule is CCOc1ccc(OCc2ccc(C(=O)Nc3cn(CC)nc3C(=O)NCC(C)C)o2)cc1. The van der Waals surface area contributed by atoms with E-state index < -0.39 is 5.91 Å². The third kappa shape index (κ3) is 6.61. The van der Waals surface area contributed by atoms with Crippen molar-refractivity contribution < 1.29 is 23.5 Å². The van der Waals surface area contributed by atoms with Crippen molar-refractivity contribution in [2.75, 3.05) is 18.5 Å². The number of anilines is 1. The zero-order chi connectivity index (χ0) is 23.8. The van der Waals surface area contributed by atoms with Gasteiger partial charge in [0.2, 0.25) is 0 Å². The first kappa shape index (κ1) is 23.9. The van der Waals surface area contributed by atoms with Crippen molar-refractivity contribution in [1.29, 1.82) is 0 Å². The maximum absolute atomic E-state index is 12.7. The van der Waals surface area contributed by atoms with Crippen molar-refractivity contribution in [3.05, 3.63) is 59.8 Å². The van der Waals surface area contributed by atoms with Gasteiger partial charge in [-0.3, -0.25) is 14.3 Å². The number of hydrogen-bond acceptors (Lipinski definition) is 6. The summed E-state index contributed by atoms with van der Waals surface area (Å²) in [5, 5.41) is 9.82. The summed E-state index contributed by atoms with van der Waals surface area (Å²) in [5.74, 6) is 1.51. The Bertz CT molecular complexity index is 1070. The minimum atomic E-state index is -0.476. The first-order valence-corrected chi connectivity index (χ1v) is 11.0. The van der Waals surface area contributed by atoms with Gasteiger partial charge in [0.05, 0.1) is 12.3 Å². The van der Waals surface area contributed by atoms with Gasteiger partial charge in [0.15, 0.2) is 11.5 Å². The van der Waals surface area contributed by atoms with Gasteiger partial charge in [0.1, 0.15) is 23.9 Å². The van der Waals surface area contributed by atoms with Crippen LogP contribution in [0, 0.1) is 5.92 Å². The van der Waals surface area contributed by atoms with Crippen LogP contribution in [0.25, 0.3) is 0 Å². The number of benzene rings is 1. The van der Waals surface area contributed by atoms with Gasteiger partial charge in [-0.05, 0) is 56.2 Å². The first-order chi connectivity index (χ1) is 15.9. The maximum atomic E-state index is 12.7. The van der Waals surface area contributed by atoms with E-state index in [0.717, 1.165) is 5.75 Å². The van der Waals surface area contributed by atoms with Crippen LogP contribution in [-0.4, -0.2) is 34.7 Å². The molecule has 0 radical (unpaired) electrons. The molecule has 0 fully saturated rings. The van der Waals surface area contributed by atoms with E-state index in [-0.39, 0.29) is 24.0 Å². The lowest BCUT2D eigenvalue weighted by atomic mass is 10.2. The number of amides is 2. The zero-order valence-corrected chi connectivity index (χ0v) is 19.4. The van der Waals surface area contributed by atoms with Crippen molar-refractivity contribution in [2.24, 2.45) is 5.92 Å². The van der Waals surface area contributed by atoms with Crippen LogP contribution in [0.2, 0.25) is 0 Å². The van der Waals surface area contributed by atoms with Gasteiger partial charge in [0, 0.05) is 19.3 Å². The monoisotopic (exact) mass is 454 g/mol. The second kappa shape index (κ2) is 11.2. The number of furan rings is 1. The molecule has 33 heavy (non-hydrogen) atoms. The Morgan fingerprint density at radius 3 is 2.36 bits per heavy atom. The van der Waals surface area contributed by atoms with Gasteiger partial charge in [-0.1, -0.05) is 13.8 Å². The summed E-state index contributed by atoms with van der Waals surface area (Å²) in [6.45, 7) is 9.67. The van der Waals surface area contributed by atoms with Crippen LogP contribution in [-0.2, 0) is 13.2 Å². The Morgan fingerprint density at radius 1 is 1.03 bits per heavy atom. The molecule has 3 rings (SSSR count). The highest BCUT2D eigenvalue weighted by Gasteiger charge is 2.20. The summed E-state index contributed by atoms with van der Waals surface area (Å²) in [7, 11) is 0. The molecule has 2 N–H and O–H groups in total. The molecule has 0 spiro atoms. The molecule has 3 aromatic rings. The quantitative estimate of drug-likeness (QED) is 0.451. The predicted octanol–water partition coefficient (Wildman–Crippen LogP) is 4.11. The van der Waals surface area contributed by atoms with E-state index in [0.29, 0.717) is 42.8 Å². The van der Waals surface area contributed by atoms with Gasteiger partial charge in [0.25, 0.3) is 11.8 Å². The number of aryl methyl sites for hydroxylation is 1. The fourth-order valence-electron chi connectivity index (χ4n) is 2.94. The van der Waals surface area contributed by atoms with Crippen molar-refractivity contribution in [3.63, 3.8) is 0 Å². The molecule has 1 aromatic carbocycles. The Hall–Kier alpha value is -3.75. The highest BCUT2D eigenvalue weighted by atomic mass is 16.5. The van der Waals surface area contributed by atoms with Gasteiger partial charge in [-0.2, -0.15) is 5.10 Å². The van der Waals surface area contributed by atoms with E-state index in [2.05, 4.69) is 15.7 Å². The lowest BCUT2D eigenvalue weighted by Crippen LogP contribution is -2.28. The number of rotatable bonds is 11. The molecule has 0 saturated carbocycles. The molecule has 176 valence electrons. The average molecular weight is 455 g/mol. The Kier molecular flexibility index (Phi) is 8.12. The molecule has 0 unspecified atom stereocenters. The molecule has 0 aliphatic carbocycles. The van der Waals surface area contributed by atoms with Crippen molar-refractivity contribution in [2.45, 2.75) is 40.8 Å². The van der Waals surface area contributed by atoms with E-state index in [1.807, 2.05) is 39.8 Å². The van der Waals surface area contributed by atoms with Gasteiger partial charge >= 0.3 is 0 Å². The molecule has 2 amide bonds. The fraction of sp³-hybridized carbons (Fsp3) is 0.375. The summed E-state index contributed by atoms with van der Waals surface area (Å²) in [6, 6.07) is 10.5. The second-order valence-electron chi connectivity index (χ2n) is 7.76. The summed E-state index contributed by atoms with van der Waals surface area (Å²) in [5.41, 5.74) is 0.489. The number of aromatic nitrogens is 2. The van der Waals surface area contributed by atoms with Crippen molar-refractivity contribution in [3.8, 4) is 11.5 Å². The lowest BCUT2D eigenvalue weighted by Gasteiger charge is -2.08. The smallest absolute Gasteiger partial charge is 0.291 e. The Morgan fingerprint density at radius 2 is 1.73 bits per heavy atom. The van der Waals surface area contributed by atoms with Crippen LogP contribution in [0.5, 0.6) is 11.5 Å². The average Bonchev–Trinajstić information content (AvgIpc) is 3.44. The Labute approximate surface area is 193 Å². The molecule has 0 atom stereocenters. The van der Waals surface area contributed by atoms with E-state index >= 15 is 0 Å². The summed E-state index contributed by atoms with van der Waals surface area (Å²) < 4.78 is 18.3. The molecule has 9 heteroatoms. The summed E-state index contributed by atoms with van der Waals surface area (Å²) in [4.78, 5) is 25.2. The van der Waals surface area contributed by atoms with Gasteiger partial charge < -0.3 is 24.5 Å². The third-order valence-corrected chi connectivity index (χ3v) is 4.62. The highest BCUT2D eigenvalue weighted by Crippen LogP contribution is 2.20. The molecule has 0 aliphatic rings. The van der Waals surface area contributed by atoms with Crippen LogP contribution < -0.4 is 20.1 Å². The highest BCUT2D eigenvalue weighted by molar-refractivity contribution is 6.07. The zero-order valence-electron chi connectivity index (χ0n) is 19.4. The minimum absolute atomic E-state index is 0.109. The van der Waals surface area contributed by atoms with E-state index in [4.69, 9.17) is 13.9 Å². The van der Waals surface area contributed by atoms with Crippen LogP contribution in [0.4, 0.5) is 5.69 Å². The first-order valence-electron chi connectivity index (χ1n) is 11.0. The number of carbonyl (C=O) groups is 2. The summed E-state index contributed by atoms with van der Waals surface area (Å²) in [6.07, 6.45) is 1.63. The number of nitrogens with one attached hydrogen (secondary N) is 2. The molecule has 0 aliphatic heterocycles. The van der Waals surface area contributed by atoms with Gasteiger partial charge in [-0.25, -0.2) is 0 Å². The number of hydrogen-bond donors (Lipinski definition) is 2. The second-order valence-corrected chi connectivity index (χ2v) is 7.76. The van der Waals surface area contributed by atoms with E-state index in [1.54, 1.807) is 35.1 Å². The standard InChI is InChI=1S/C24H30N4O5/c1-5-28-14-20(22(27-28)24(30)25-13-16(3)4)26-23(29)21-12-11-19(33-21)15-32-18-9-7-17(8-10-18)31-6-2/h7-12,14,16H,5-6,13,15H2,1-4H3,(H,25,30)(H,26,29). The Balaban J connectivity index is 1.62. The fourth-order valence-corrected chi connectivity index (χ4v) is 2.94. The molecular weight excluding hydrogens is 424 g/mol. The van der Waals surface area contributed by atoms with E-state index in [9.17, 15) is 9.59 Å². The number of nitrogens with zero attached hydrogens (tertiary/aromatic N) is 2. The van der Waals surface area contributed by atoms with Crippen LogP contribution >= 0.6 is 0 Å². The largest absolute Gasteiger partial charge is 0.494 e. The van der Waals surface area contributed by atoms with Crippen molar-refractivity contribution in [1.82, 2.24) is 15.1 Å². The lowest BCUT2D eigenvalue weighted by molar-refractivity contribution is 0.0944. The number of carbonyl (C=O) groups excluding carboxylic acids is 2. The van der Waals surface area contributed by atoms with Crippen LogP contribution in [0.15, 0.2) is 47.0 Å². The topological polar surface area (TPSA) is 108 Å². The molecule has 9 nitrogen and oxygen atoms in total. The molecule has 0 bridgehead atoms. The maximum Gasteiger partial charge on any atom is 0.291 e. The molecule has 2 aromatic heterocycles. The van der Waals surface area contributed by atoms with E-state index in [1.165, 1.54) is 0 Å². The minimum Gasteiger partial charge on any atom is -0.494 e. The molecule has 0 saturated heterocycles. The molecule has 2 heterocycles. The molecular formula is C24H30N4O5. The normalized spacial score (nSPS) is 10.8. The predicted molar refractivity (Wildman–Crippen MR) is 124 cm³/mol. The van der Waals surface area contributed by atoms with Crippen LogP contribution in [0.3, 0.4) is 0 Å². The van der Waals surface area contributed by atoms with Crippen molar-refractivity contribution >= 4 is 17.5 Å². The third-order valence-electron chi connectivity index (χ3n) is 4.62. The summed E-state index contributed by atoms with van der Waals surface area (Å²) >= 11 is 0. The van der Waals surface area contributed by atoms with Crippen LogP contribution in [0.1, 0.15) is 54.5 Å². The van der Waals surface area contributed by atoms with Gasteiger partial charge in [-0.15, -0.1) is 0 Å².